The van der Waals surface area contributed by atoms with Gasteiger partial charge in [-0.1, -0.05) is 6.07 Å². The van der Waals surface area contributed by atoms with Crippen molar-refractivity contribution in [1.82, 2.24) is 14.1 Å². The quantitative estimate of drug-likeness (QED) is 0.871. The summed E-state index contributed by atoms with van der Waals surface area (Å²) >= 11 is 3.08. The van der Waals surface area contributed by atoms with Crippen LogP contribution in [-0.2, 0) is 6.42 Å². The summed E-state index contributed by atoms with van der Waals surface area (Å²) in [6.07, 6.45) is 4.02. The first-order valence-electron chi connectivity index (χ1n) is 4.87. The molecule has 0 aromatic carbocycles. The minimum Gasteiger partial charge on any atom is -0.312 e. The van der Waals surface area contributed by atoms with Crippen molar-refractivity contribution in [1.29, 1.82) is 0 Å². The summed E-state index contributed by atoms with van der Waals surface area (Å²) in [5, 5.41) is 5.39. The average Bonchev–Trinajstić information content (AvgIpc) is 2.90. The zero-order valence-electron chi connectivity index (χ0n) is 8.51. The lowest BCUT2D eigenvalue weighted by Crippen LogP contribution is -2.17. The molecular formula is C10H13N3S2. The highest BCUT2D eigenvalue weighted by molar-refractivity contribution is 7.09. The Morgan fingerprint density at radius 1 is 1.53 bits per heavy atom. The molecule has 0 saturated carbocycles. The van der Waals surface area contributed by atoms with Crippen molar-refractivity contribution in [2.24, 2.45) is 0 Å². The van der Waals surface area contributed by atoms with E-state index in [1.165, 1.54) is 16.6 Å². The van der Waals surface area contributed by atoms with Crippen molar-refractivity contribution >= 4 is 23.1 Å². The Kier molecular flexibility index (Phi) is 3.82. The molecule has 2 rings (SSSR count). The van der Waals surface area contributed by atoms with Crippen LogP contribution in [0.4, 0.5) is 0 Å². The van der Waals surface area contributed by atoms with Crippen molar-refractivity contribution < 1.29 is 0 Å². The van der Waals surface area contributed by atoms with Gasteiger partial charge in [-0.3, -0.25) is 0 Å². The second kappa shape index (κ2) is 5.34. The van der Waals surface area contributed by atoms with E-state index in [0.29, 0.717) is 6.04 Å². The highest BCUT2D eigenvalue weighted by Gasteiger charge is 2.11. The number of thiophene rings is 1. The third-order valence-electron chi connectivity index (χ3n) is 2.34. The summed E-state index contributed by atoms with van der Waals surface area (Å²) in [5.74, 6) is 0. The van der Waals surface area contributed by atoms with Crippen molar-refractivity contribution in [3.8, 4) is 0 Å². The summed E-state index contributed by atoms with van der Waals surface area (Å²) in [7, 11) is 1.97. The lowest BCUT2D eigenvalue weighted by atomic mass is 10.1. The van der Waals surface area contributed by atoms with E-state index < -0.39 is 0 Å². The largest absolute Gasteiger partial charge is 0.312 e. The second-order valence-electron chi connectivity index (χ2n) is 3.29. The molecule has 15 heavy (non-hydrogen) atoms. The molecule has 0 spiro atoms. The molecule has 0 saturated heterocycles. The normalized spacial score (nSPS) is 12.9. The van der Waals surface area contributed by atoms with Crippen LogP contribution in [-0.4, -0.2) is 15.8 Å². The van der Waals surface area contributed by atoms with Crippen molar-refractivity contribution in [3.05, 3.63) is 34.3 Å². The summed E-state index contributed by atoms with van der Waals surface area (Å²) in [6.45, 7) is 0. The minimum atomic E-state index is 0.325. The van der Waals surface area contributed by atoms with Crippen molar-refractivity contribution in [3.63, 3.8) is 0 Å². The fraction of sp³-hybridized carbons (Fsp3) is 0.400. The first kappa shape index (κ1) is 10.7. The molecule has 0 radical (unpaired) electrons. The van der Waals surface area contributed by atoms with Gasteiger partial charge in [0.1, 0.15) is 0 Å². The molecule has 0 fully saturated rings. The van der Waals surface area contributed by atoms with E-state index in [1.54, 1.807) is 0 Å². The summed E-state index contributed by atoms with van der Waals surface area (Å²) in [6, 6.07) is 4.60. The van der Waals surface area contributed by atoms with E-state index in [0.717, 1.165) is 18.5 Å². The minimum absolute atomic E-state index is 0.325. The molecule has 2 heterocycles. The van der Waals surface area contributed by atoms with Crippen molar-refractivity contribution in [2.45, 2.75) is 18.9 Å². The van der Waals surface area contributed by atoms with Gasteiger partial charge in [-0.05, 0) is 31.3 Å². The number of nitrogens with zero attached hydrogens (tertiary/aromatic N) is 2. The monoisotopic (exact) mass is 239 g/mol. The SMILES string of the molecule is CNC(CCc1cccs1)c1cnsn1. The maximum atomic E-state index is 4.26. The molecule has 0 aliphatic rings. The standard InChI is InChI=1S/C10H13N3S2/c1-11-9(10-7-12-15-13-10)5-4-8-3-2-6-14-8/h2-3,6-7,9,11H,4-5H2,1H3. The van der Waals surface area contributed by atoms with E-state index in [9.17, 15) is 0 Å². The lowest BCUT2D eigenvalue weighted by molar-refractivity contribution is 0.541. The number of hydrogen-bond donors (Lipinski definition) is 1. The number of nitrogens with one attached hydrogen (secondary N) is 1. The molecule has 0 bridgehead atoms. The summed E-state index contributed by atoms with van der Waals surface area (Å²) in [5.41, 5.74) is 1.05. The molecule has 0 amide bonds. The molecule has 5 heteroatoms. The van der Waals surface area contributed by atoms with Gasteiger partial charge < -0.3 is 5.32 Å². The Morgan fingerprint density at radius 2 is 2.47 bits per heavy atom. The number of rotatable bonds is 5. The predicted octanol–water partition coefficient (Wildman–Crippen LogP) is 2.49. The fourth-order valence-electron chi connectivity index (χ4n) is 1.51. The Morgan fingerprint density at radius 3 is 3.07 bits per heavy atom. The highest BCUT2D eigenvalue weighted by Crippen LogP contribution is 2.19. The van der Waals surface area contributed by atoms with Crippen LogP contribution in [0.3, 0.4) is 0 Å². The van der Waals surface area contributed by atoms with E-state index in [4.69, 9.17) is 0 Å². The highest BCUT2D eigenvalue weighted by atomic mass is 32.1. The zero-order chi connectivity index (χ0) is 10.5. The van der Waals surface area contributed by atoms with Crippen LogP contribution < -0.4 is 5.32 Å². The third-order valence-corrected chi connectivity index (χ3v) is 3.77. The van der Waals surface area contributed by atoms with Gasteiger partial charge in [0.25, 0.3) is 0 Å². The fourth-order valence-corrected chi connectivity index (χ4v) is 2.70. The van der Waals surface area contributed by atoms with Gasteiger partial charge in [-0.2, -0.15) is 8.75 Å². The molecule has 3 nitrogen and oxygen atoms in total. The van der Waals surface area contributed by atoms with Gasteiger partial charge in [-0.15, -0.1) is 11.3 Å². The number of hydrogen-bond acceptors (Lipinski definition) is 5. The molecular weight excluding hydrogens is 226 g/mol. The predicted molar refractivity (Wildman–Crippen MR) is 64.3 cm³/mol. The van der Waals surface area contributed by atoms with E-state index in [1.807, 2.05) is 24.6 Å². The molecule has 2 aromatic heterocycles. The molecule has 80 valence electrons. The van der Waals surface area contributed by atoms with Gasteiger partial charge in [0, 0.05) is 4.88 Å². The molecule has 2 aromatic rings. The first-order chi connectivity index (χ1) is 7.40. The van der Waals surface area contributed by atoms with Gasteiger partial charge in [0.05, 0.1) is 29.7 Å². The molecule has 1 atom stereocenters. The van der Waals surface area contributed by atoms with Gasteiger partial charge in [-0.25, -0.2) is 0 Å². The second-order valence-corrected chi connectivity index (χ2v) is 4.88. The van der Waals surface area contributed by atoms with Crippen LogP contribution in [0, 0.1) is 0 Å². The molecule has 0 aliphatic heterocycles. The Labute approximate surface area is 97.5 Å². The number of aromatic nitrogens is 2. The Bertz CT molecular complexity index is 369. The van der Waals surface area contributed by atoms with Crippen LogP contribution in [0.2, 0.25) is 0 Å². The maximum Gasteiger partial charge on any atom is 0.0912 e. The molecule has 1 unspecified atom stereocenters. The van der Waals surface area contributed by atoms with E-state index in [2.05, 4.69) is 31.6 Å². The van der Waals surface area contributed by atoms with Crippen LogP contribution in [0.15, 0.2) is 23.7 Å². The number of aryl methyl sites for hydroxylation is 1. The van der Waals surface area contributed by atoms with E-state index in [-0.39, 0.29) is 0 Å². The Balaban J connectivity index is 1.92. The Hall–Kier alpha value is -0.780. The van der Waals surface area contributed by atoms with Gasteiger partial charge in [0.15, 0.2) is 0 Å². The van der Waals surface area contributed by atoms with Gasteiger partial charge in [0.2, 0.25) is 0 Å². The smallest absolute Gasteiger partial charge is 0.0912 e. The summed E-state index contributed by atoms with van der Waals surface area (Å²) < 4.78 is 8.29. The van der Waals surface area contributed by atoms with Gasteiger partial charge >= 0.3 is 0 Å². The zero-order valence-corrected chi connectivity index (χ0v) is 10.1. The van der Waals surface area contributed by atoms with Crippen LogP contribution >= 0.6 is 23.1 Å². The van der Waals surface area contributed by atoms with Crippen LogP contribution in [0.25, 0.3) is 0 Å². The average molecular weight is 239 g/mol. The van der Waals surface area contributed by atoms with E-state index >= 15 is 0 Å². The lowest BCUT2D eigenvalue weighted by Gasteiger charge is -2.11. The summed E-state index contributed by atoms with van der Waals surface area (Å²) in [4.78, 5) is 1.43. The van der Waals surface area contributed by atoms with Crippen LogP contribution in [0.1, 0.15) is 23.0 Å². The molecule has 0 aliphatic carbocycles. The van der Waals surface area contributed by atoms with Crippen molar-refractivity contribution in [2.75, 3.05) is 7.05 Å². The third kappa shape index (κ3) is 2.84. The van der Waals surface area contributed by atoms with Crippen LogP contribution in [0.5, 0.6) is 0 Å². The topological polar surface area (TPSA) is 37.8 Å². The maximum absolute atomic E-state index is 4.26. The first-order valence-corrected chi connectivity index (χ1v) is 6.48. The molecule has 1 N–H and O–H groups in total.